The van der Waals surface area contributed by atoms with Gasteiger partial charge in [-0.15, -0.1) is 10.2 Å². The van der Waals surface area contributed by atoms with E-state index in [1.54, 1.807) is 0 Å². The summed E-state index contributed by atoms with van der Waals surface area (Å²) in [5.41, 5.74) is 1.12. The Kier molecular flexibility index (Phi) is 5.88. The van der Waals surface area contributed by atoms with Gasteiger partial charge in [-0.1, -0.05) is 29.5 Å². The van der Waals surface area contributed by atoms with Crippen molar-refractivity contribution in [2.75, 3.05) is 5.75 Å². The summed E-state index contributed by atoms with van der Waals surface area (Å²) >= 11 is 1.01. The van der Waals surface area contributed by atoms with E-state index in [0.717, 1.165) is 17.3 Å². The lowest BCUT2D eigenvalue weighted by Gasteiger charge is -2.02. The average molecular weight is 330 g/mol. The second-order valence-corrected chi connectivity index (χ2v) is 5.37. The zero-order valence-electron chi connectivity index (χ0n) is 11.7. The molecule has 1 aromatic carbocycles. The molecule has 0 unspecified atom stereocenters. The highest BCUT2D eigenvalue weighted by atomic mass is 32.2. The fourth-order valence-corrected chi connectivity index (χ4v) is 2.17. The Morgan fingerprint density at radius 3 is 2.59 bits per heavy atom. The van der Waals surface area contributed by atoms with E-state index in [1.165, 1.54) is 0 Å². The number of hydrogen-bond donors (Lipinski definition) is 0. The van der Waals surface area contributed by atoms with Crippen LogP contribution in [0.2, 0.25) is 0 Å². The van der Waals surface area contributed by atoms with Gasteiger partial charge in [-0.2, -0.15) is 8.78 Å². The first-order valence-electron chi connectivity index (χ1n) is 6.39. The zero-order chi connectivity index (χ0) is 15.9. The monoisotopic (exact) mass is 330 g/mol. The van der Waals surface area contributed by atoms with Crippen LogP contribution in [0.5, 0.6) is 5.75 Å². The molecule has 22 heavy (non-hydrogen) atoms. The van der Waals surface area contributed by atoms with Crippen molar-refractivity contribution in [3.8, 4) is 5.75 Å². The van der Waals surface area contributed by atoms with Gasteiger partial charge in [-0.25, -0.2) is 4.39 Å². The number of ether oxygens (including phenoxy) is 1. The third-order valence-electron chi connectivity index (χ3n) is 2.58. The van der Waals surface area contributed by atoms with Crippen molar-refractivity contribution in [1.82, 2.24) is 10.2 Å². The van der Waals surface area contributed by atoms with E-state index in [4.69, 9.17) is 9.15 Å². The molecular formula is C14H13F3N2O2S. The van der Waals surface area contributed by atoms with Crippen LogP contribution >= 0.6 is 11.8 Å². The predicted molar refractivity (Wildman–Crippen MR) is 75.5 cm³/mol. The summed E-state index contributed by atoms with van der Waals surface area (Å²) in [6.45, 7) is 2.07. The SMILES string of the molecule is Cc1ccc(OCc2nnc(SCCC(F)=C(F)F)o2)cc1. The fourth-order valence-electron chi connectivity index (χ4n) is 1.46. The van der Waals surface area contributed by atoms with Gasteiger partial charge in [-0.3, -0.25) is 0 Å². The molecule has 0 saturated heterocycles. The van der Waals surface area contributed by atoms with Crippen molar-refractivity contribution in [2.45, 2.75) is 25.2 Å². The van der Waals surface area contributed by atoms with Crippen LogP contribution in [0.3, 0.4) is 0 Å². The van der Waals surface area contributed by atoms with Crippen LogP contribution in [-0.4, -0.2) is 16.0 Å². The van der Waals surface area contributed by atoms with Gasteiger partial charge >= 0.3 is 6.08 Å². The molecule has 0 radical (unpaired) electrons. The Hall–Kier alpha value is -1.96. The molecule has 118 valence electrons. The summed E-state index contributed by atoms with van der Waals surface area (Å²) < 4.78 is 47.1. The molecular weight excluding hydrogens is 317 g/mol. The molecule has 2 rings (SSSR count). The van der Waals surface area contributed by atoms with Crippen molar-refractivity contribution in [3.05, 3.63) is 47.6 Å². The Bertz CT molecular complexity index is 640. The second kappa shape index (κ2) is 7.88. The van der Waals surface area contributed by atoms with Gasteiger partial charge in [0.1, 0.15) is 5.75 Å². The second-order valence-electron chi connectivity index (χ2n) is 4.33. The maximum atomic E-state index is 12.6. The molecule has 0 amide bonds. The summed E-state index contributed by atoms with van der Waals surface area (Å²) in [7, 11) is 0. The topological polar surface area (TPSA) is 48.2 Å². The Balaban J connectivity index is 1.79. The van der Waals surface area contributed by atoms with E-state index < -0.39 is 11.9 Å². The molecule has 0 spiro atoms. The maximum absolute atomic E-state index is 12.6. The smallest absolute Gasteiger partial charge is 0.301 e. The van der Waals surface area contributed by atoms with E-state index in [1.807, 2.05) is 31.2 Å². The van der Waals surface area contributed by atoms with Crippen LogP contribution in [0.4, 0.5) is 13.2 Å². The highest BCUT2D eigenvalue weighted by molar-refractivity contribution is 7.99. The minimum Gasteiger partial charge on any atom is -0.484 e. The molecule has 0 aliphatic carbocycles. The Labute approximate surface area is 129 Å². The van der Waals surface area contributed by atoms with Gasteiger partial charge in [-0.05, 0) is 19.1 Å². The molecule has 0 saturated carbocycles. The van der Waals surface area contributed by atoms with E-state index in [-0.39, 0.29) is 29.9 Å². The summed E-state index contributed by atoms with van der Waals surface area (Å²) in [6.07, 6.45) is -2.68. The van der Waals surface area contributed by atoms with Crippen LogP contribution in [-0.2, 0) is 6.61 Å². The van der Waals surface area contributed by atoms with E-state index >= 15 is 0 Å². The largest absolute Gasteiger partial charge is 0.484 e. The maximum Gasteiger partial charge on any atom is 0.301 e. The molecule has 0 bridgehead atoms. The highest BCUT2D eigenvalue weighted by Crippen LogP contribution is 2.22. The summed E-state index contributed by atoms with van der Waals surface area (Å²) in [5, 5.41) is 7.68. The lowest BCUT2D eigenvalue weighted by Crippen LogP contribution is -1.95. The van der Waals surface area contributed by atoms with Crippen molar-refractivity contribution in [3.63, 3.8) is 0 Å². The highest BCUT2D eigenvalue weighted by Gasteiger charge is 2.10. The molecule has 8 heteroatoms. The number of nitrogens with zero attached hydrogens (tertiary/aromatic N) is 2. The summed E-state index contributed by atoms with van der Waals surface area (Å²) in [4.78, 5) is 0. The van der Waals surface area contributed by atoms with E-state index in [0.29, 0.717) is 5.75 Å². The number of aryl methyl sites for hydroxylation is 1. The number of hydrogen-bond acceptors (Lipinski definition) is 5. The third-order valence-corrected chi connectivity index (χ3v) is 3.40. The minimum absolute atomic E-state index is 0.0869. The van der Waals surface area contributed by atoms with Gasteiger partial charge in [0, 0.05) is 12.2 Å². The molecule has 0 aliphatic heterocycles. The first-order valence-corrected chi connectivity index (χ1v) is 7.37. The van der Waals surface area contributed by atoms with Crippen molar-refractivity contribution >= 4 is 11.8 Å². The van der Waals surface area contributed by atoms with Gasteiger partial charge < -0.3 is 9.15 Å². The molecule has 4 nitrogen and oxygen atoms in total. The lowest BCUT2D eigenvalue weighted by atomic mass is 10.2. The summed E-state index contributed by atoms with van der Waals surface area (Å²) in [5.74, 6) is -0.404. The zero-order valence-corrected chi connectivity index (χ0v) is 12.5. The van der Waals surface area contributed by atoms with Crippen LogP contribution < -0.4 is 4.74 Å². The average Bonchev–Trinajstić information content (AvgIpc) is 2.94. The predicted octanol–water partition coefficient (Wildman–Crippen LogP) is 4.52. The van der Waals surface area contributed by atoms with Gasteiger partial charge in [0.05, 0.1) is 0 Å². The molecule has 0 aliphatic rings. The van der Waals surface area contributed by atoms with Crippen molar-refractivity contribution in [2.24, 2.45) is 0 Å². The van der Waals surface area contributed by atoms with E-state index in [2.05, 4.69) is 10.2 Å². The molecule has 0 atom stereocenters. The van der Waals surface area contributed by atoms with Gasteiger partial charge in [0.15, 0.2) is 12.4 Å². The molecule has 0 fully saturated rings. The molecule has 1 aromatic heterocycles. The third kappa shape index (κ3) is 5.10. The molecule has 0 N–H and O–H groups in total. The number of allylic oxidation sites excluding steroid dienone is 1. The normalized spacial score (nSPS) is 10.5. The van der Waals surface area contributed by atoms with Gasteiger partial charge in [0.2, 0.25) is 0 Å². The minimum atomic E-state index is -2.29. The first kappa shape index (κ1) is 16.4. The van der Waals surface area contributed by atoms with Crippen molar-refractivity contribution in [1.29, 1.82) is 0 Å². The van der Waals surface area contributed by atoms with Crippen LogP contribution in [0.15, 0.2) is 45.8 Å². The number of rotatable bonds is 7. The lowest BCUT2D eigenvalue weighted by molar-refractivity contribution is 0.252. The number of halogens is 3. The quantitative estimate of drug-likeness (QED) is 0.699. The molecule has 1 heterocycles. The van der Waals surface area contributed by atoms with Crippen LogP contribution in [0, 0.1) is 6.92 Å². The molecule has 2 aromatic rings. The Morgan fingerprint density at radius 2 is 1.91 bits per heavy atom. The van der Waals surface area contributed by atoms with Gasteiger partial charge in [0.25, 0.3) is 11.1 Å². The number of benzene rings is 1. The Morgan fingerprint density at radius 1 is 1.18 bits per heavy atom. The summed E-state index contributed by atoms with van der Waals surface area (Å²) in [6, 6.07) is 7.47. The fraction of sp³-hybridized carbons (Fsp3) is 0.286. The first-order chi connectivity index (χ1) is 10.5. The number of aromatic nitrogens is 2. The van der Waals surface area contributed by atoms with Crippen LogP contribution in [0.25, 0.3) is 0 Å². The number of thioether (sulfide) groups is 1. The van der Waals surface area contributed by atoms with Crippen molar-refractivity contribution < 1.29 is 22.3 Å². The van der Waals surface area contributed by atoms with Crippen LogP contribution in [0.1, 0.15) is 17.9 Å². The van der Waals surface area contributed by atoms with E-state index in [9.17, 15) is 13.2 Å². The standard InChI is InChI=1S/C14H13F3N2O2S/c1-9-2-4-10(5-3-9)20-8-12-18-19-14(21-12)22-7-6-11(15)13(16)17/h2-5H,6-8H2,1H3.